The van der Waals surface area contributed by atoms with Crippen molar-refractivity contribution < 1.29 is 4.79 Å². The van der Waals surface area contributed by atoms with Crippen molar-refractivity contribution in [1.82, 2.24) is 0 Å². The highest BCUT2D eigenvalue weighted by Gasteiger charge is 2.25. The van der Waals surface area contributed by atoms with E-state index in [1.807, 2.05) is 6.08 Å². The summed E-state index contributed by atoms with van der Waals surface area (Å²) < 4.78 is 0. The molecule has 1 nitrogen and oxygen atoms in total. The fraction of sp³-hybridized carbons (Fsp3) is 0.786. The Morgan fingerprint density at radius 3 is 2.20 bits per heavy atom. The van der Waals surface area contributed by atoms with Crippen LogP contribution in [0.4, 0.5) is 0 Å². The zero-order chi connectivity index (χ0) is 12.1. The van der Waals surface area contributed by atoms with Gasteiger partial charge in [-0.25, -0.2) is 0 Å². The molecule has 88 valence electrons. The van der Waals surface area contributed by atoms with Crippen LogP contribution in [-0.4, -0.2) is 5.78 Å². The van der Waals surface area contributed by atoms with Crippen molar-refractivity contribution in [3.05, 3.63) is 12.7 Å². The highest BCUT2D eigenvalue weighted by atomic mass is 16.1. The SMILES string of the molecule is C=CCCC(C(=O)CC(C)(C)C)C(C)C. The third-order valence-electron chi connectivity index (χ3n) is 2.60. The van der Waals surface area contributed by atoms with Crippen molar-refractivity contribution in [2.75, 3.05) is 0 Å². The van der Waals surface area contributed by atoms with Crippen LogP contribution in [0.25, 0.3) is 0 Å². The number of carbonyl (C=O) groups excluding carboxylic acids is 1. The predicted octanol–water partition coefficient (Wildman–Crippen LogP) is 4.23. The number of Topliss-reactive ketones (excluding diaryl/α,β-unsaturated/α-hetero) is 1. The first-order chi connectivity index (χ1) is 6.78. The van der Waals surface area contributed by atoms with Gasteiger partial charge in [-0.15, -0.1) is 6.58 Å². The number of hydrogen-bond acceptors (Lipinski definition) is 1. The van der Waals surface area contributed by atoms with Crippen LogP contribution in [0.3, 0.4) is 0 Å². The first-order valence-corrected chi connectivity index (χ1v) is 5.91. The van der Waals surface area contributed by atoms with E-state index >= 15 is 0 Å². The zero-order valence-electron chi connectivity index (χ0n) is 11.0. The van der Waals surface area contributed by atoms with Gasteiger partial charge in [0.2, 0.25) is 0 Å². The topological polar surface area (TPSA) is 17.1 Å². The highest BCUT2D eigenvalue weighted by molar-refractivity contribution is 5.81. The second-order valence-corrected chi connectivity index (χ2v) is 5.92. The van der Waals surface area contributed by atoms with Gasteiger partial charge in [-0.1, -0.05) is 40.7 Å². The van der Waals surface area contributed by atoms with E-state index in [1.165, 1.54) is 0 Å². The maximum Gasteiger partial charge on any atom is 0.136 e. The monoisotopic (exact) mass is 210 g/mol. The molecule has 0 rings (SSSR count). The van der Waals surface area contributed by atoms with Gasteiger partial charge in [0.25, 0.3) is 0 Å². The summed E-state index contributed by atoms with van der Waals surface area (Å²) in [6.45, 7) is 14.3. The third kappa shape index (κ3) is 6.48. The molecule has 0 radical (unpaired) electrons. The van der Waals surface area contributed by atoms with Gasteiger partial charge in [0, 0.05) is 12.3 Å². The van der Waals surface area contributed by atoms with E-state index in [9.17, 15) is 4.79 Å². The van der Waals surface area contributed by atoms with Gasteiger partial charge >= 0.3 is 0 Å². The molecule has 15 heavy (non-hydrogen) atoms. The van der Waals surface area contributed by atoms with Crippen molar-refractivity contribution in [3.63, 3.8) is 0 Å². The average Bonchev–Trinajstić information content (AvgIpc) is 2.00. The minimum absolute atomic E-state index is 0.110. The molecule has 0 heterocycles. The Kier molecular flexibility index (Phi) is 5.85. The van der Waals surface area contributed by atoms with E-state index in [0.29, 0.717) is 18.1 Å². The molecule has 0 fully saturated rings. The lowest BCUT2D eigenvalue weighted by atomic mass is 9.80. The maximum atomic E-state index is 12.1. The van der Waals surface area contributed by atoms with Crippen LogP contribution in [0.5, 0.6) is 0 Å². The molecule has 1 atom stereocenters. The summed E-state index contributed by atoms with van der Waals surface area (Å²) in [5.74, 6) is 1.07. The second-order valence-electron chi connectivity index (χ2n) is 5.92. The Morgan fingerprint density at radius 1 is 1.33 bits per heavy atom. The summed E-state index contributed by atoms with van der Waals surface area (Å²) >= 11 is 0. The Morgan fingerprint density at radius 2 is 1.87 bits per heavy atom. The molecule has 0 aliphatic rings. The van der Waals surface area contributed by atoms with Crippen molar-refractivity contribution in [3.8, 4) is 0 Å². The van der Waals surface area contributed by atoms with Crippen LogP contribution in [0, 0.1) is 17.3 Å². The molecule has 0 aliphatic carbocycles. The molecule has 0 aliphatic heterocycles. The van der Waals surface area contributed by atoms with E-state index < -0.39 is 0 Å². The van der Waals surface area contributed by atoms with E-state index in [2.05, 4.69) is 41.2 Å². The first-order valence-electron chi connectivity index (χ1n) is 5.91. The molecule has 0 amide bonds. The van der Waals surface area contributed by atoms with Gasteiger partial charge in [-0.2, -0.15) is 0 Å². The zero-order valence-corrected chi connectivity index (χ0v) is 11.0. The molecule has 1 unspecified atom stereocenters. The molecule has 0 saturated heterocycles. The molecule has 0 aromatic heterocycles. The molecule has 0 N–H and O–H groups in total. The Hall–Kier alpha value is -0.590. The smallest absolute Gasteiger partial charge is 0.136 e. The van der Waals surface area contributed by atoms with Gasteiger partial charge in [-0.05, 0) is 24.2 Å². The molecule has 0 aromatic rings. The standard InChI is InChI=1S/C14H26O/c1-7-8-9-12(11(2)3)13(15)10-14(4,5)6/h7,11-12H,1,8-10H2,2-6H3. The lowest BCUT2D eigenvalue weighted by molar-refractivity contribution is -0.126. The van der Waals surface area contributed by atoms with Gasteiger partial charge in [0.15, 0.2) is 0 Å². The van der Waals surface area contributed by atoms with Crippen molar-refractivity contribution >= 4 is 5.78 Å². The minimum atomic E-state index is 0.110. The second kappa shape index (κ2) is 6.09. The van der Waals surface area contributed by atoms with Crippen LogP contribution in [0.1, 0.15) is 53.9 Å². The molecule has 0 saturated carbocycles. The highest BCUT2D eigenvalue weighted by Crippen LogP contribution is 2.26. The fourth-order valence-corrected chi connectivity index (χ4v) is 1.82. The number of carbonyl (C=O) groups is 1. The number of allylic oxidation sites excluding steroid dienone is 1. The third-order valence-corrected chi connectivity index (χ3v) is 2.60. The Bertz CT molecular complexity index is 208. The fourth-order valence-electron chi connectivity index (χ4n) is 1.82. The van der Waals surface area contributed by atoms with Crippen LogP contribution in [0.2, 0.25) is 0 Å². The number of ketones is 1. The lowest BCUT2D eigenvalue weighted by Gasteiger charge is -2.24. The van der Waals surface area contributed by atoms with E-state index in [-0.39, 0.29) is 11.3 Å². The number of rotatable bonds is 6. The van der Waals surface area contributed by atoms with Gasteiger partial charge in [-0.3, -0.25) is 4.79 Å². The summed E-state index contributed by atoms with van der Waals surface area (Å²) in [6.07, 6.45) is 4.49. The normalized spacial score (nSPS) is 14.0. The summed E-state index contributed by atoms with van der Waals surface area (Å²) in [5, 5.41) is 0. The molecule has 1 heteroatoms. The molecule has 0 spiro atoms. The van der Waals surface area contributed by atoms with Crippen LogP contribution < -0.4 is 0 Å². The summed E-state index contributed by atoms with van der Waals surface area (Å²) in [7, 11) is 0. The largest absolute Gasteiger partial charge is 0.299 e. The van der Waals surface area contributed by atoms with Crippen molar-refractivity contribution in [2.45, 2.75) is 53.9 Å². The summed E-state index contributed by atoms with van der Waals surface area (Å²) in [5.41, 5.74) is 0.110. The molecule has 0 aromatic carbocycles. The van der Waals surface area contributed by atoms with Crippen molar-refractivity contribution in [1.29, 1.82) is 0 Å². The molecule has 0 bridgehead atoms. The minimum Gasteiger partial charge on any atom is -0.299 e. The summed E-state index contributed by atoms with van der Waals surface area (Å²) in [6, 6.07) is 0. The lowest BCUT2D eigenvalue weighted by Crippen LogP contribution is -2.24. The van der Waals surface area contributed by atoms with Crippen LogP contribution in [-0.2, 0) is 4.79 Å². The van der Waals surface area contributed by atoms with Gasteiger partial charge < -0.3 is 0 Å². The summed E-state index contributed by atoms with van der Waals surface area (Å²) in [4.78, 5) is 12.1. The van der Waals surface area contributed by atoms with Crippen LogP contribution >= 0.6 is 0 Å². The quantitative estimate of drug-likeness (QED) is 0.600. The first kappa shape index (κ1) is 14.4. The maximum absolute atomic E-state index is 12.1. The number of hydrogen-bond donors (Lipinski definition) is 0. The van der Waals surface area contributed by atoms with E-state index in [0.717, 1.165) is 12.8 Å². The van der Waals surface area contributed by atoms with Gasteiger partial charge in [0.1, 0.15) is 5.78 Å². The Balaban J connectivity index is 4.35. The molecular formula is C14H26O. The average molecular weight is 210 g/mol. The molecular weight excluding hydrogens is 184 g/mol. The van der Waals surface area contributed by atoms with E-state index in [1.54, 1.807) is 0 Å². The van der Waals surface area contributed by atoms with E-state index in [4.69, 9.17) is 0 Å². The van der Waals surface area contributed by atoms with Crippen LogP contribution in [0.15, 0.2) is 12.7 Å². The van der Waals surface area contributed by atoms with Crippen molar-refractivity contribution in [2.24, 2.45) is 17.3 Å². The predicted molar refractivity (Wildman–Crippen MR) is 66.8 cm³/mol. The van der Waals surface area contributed by atoms with Gasteiger partial charge in [0.05, 0.1) is 0 Å². The Labute approximate surface area is 95.0 Å².